The van der Waals surface area contributed by atoms with Gasteiger partial charge in [-0.25, -0.2) is 0 Å². The molecule has 0 unspecified atom stereocenters. The van der Waals surface area contributed by atoms with Gasteiger partial charge in [0.05, 0.1) is 19.3 Å². The zero-order valence-electron chi connectivity index (χ0n) is 13.3. The van der Waals surface area contributed by atoms with Gasteiger partial charge < -0.3 is 14.8 Å². The SMILES string of the molecule is CC=Cc1ccc(OCC(=O)NCc2ccccn2)c(OC)c1. The molecule has 0 radical (unpaired) electrons. The van der Waals surface area contributed by atoms with Gasteiger partial charge in [0.25, 0.3) is 5.91 Å². The van der Waals surface area contributed by atoms with Gasteiger partial charge in [-0.15, -0.1) is 0 Å². The number of methoxy groups -OCH3 is 1. The van der Waals surface area contributed by atoms with Crippen LogP contribution in [0.4, 0.5) is 0 Å². The quantitative estimate of drug-likeness (QED) is 0.854. The minimum Gasteiger partial charge on any atom is -0.493 e. The Morgan fingerprint density at radius 1 is 1.26 bits per heavy atom. The van der Waals surface area contributed by atoms with Crippen molar-refractivity contribution in [2.24, 2.45) is 0 Å². The molecular formula is C18H20N2O3. The average Bonchev–Trinajstić information content (AvgIpc) is 2.59. The van der Waals surface area contributed by atoms with Gasteiger partial charge in [0.2, 0.25) is 0 Å². The van der Waals surface area contributed by atoms with Crippen molar-refractivity contribution >= 4 is 12.0 Å². The highest BCUT2D eigenvalue weighted by Gasteiger charge is 2.08. The Balaban J connectivity index is 1.88. The van der Waals surface area contributed by atoms with Crippen molar-refractivity contribution in [3.63, 3.8) is 0 Å². The second-order valence-corrected chi connectivity index (χ2v) is 4.80. The third kappa shape index (κ3) is 5.14. The topological polar surface area (TPSA) is 60.5 Å². The first kappa shape index (κ1) is 16.5. The van der Waals surface area contributed by atoms with Gasteiger partial charge in [-0.2, -0.15) is 0 Å². The van der Waals surface area contributed by atoms with Gasteiger partial charge in [-0.05, 0) is 36.8 Å². The molecule has 2 aromatic rings. The van der Waals surface area contributed by atoms with Gasteiger partial charge in [0, 0.05) is 6.20 Å². The summed E-state index contributed by atoms with van der Waals surface area (Å²) in [7, 11) is 1.57. The van der Waals surface area contributed by atoms with Crippen molar-refractivity contribution in [2.75, 3.05) is 13.7 Å². The third-order valence-corrected chi connectivity index (χ3v) is 3.10. The molecule has 0 fully saturated rings. The molecule has 0 atom stereocenters. The van der Waals surface area contributed by atoms with Gasteiger partial charge in [0.1, 0.15) is 0 Å². The molecule has 5 nitrogen and oxygen atoms in total. The number of pyridine rings is 1. The minimum absolute atomic E-state index is 0.0772. The second-order valence-electron chi connectivity index (χ2n) is 4.80. The molecular weight excluding hydrogens is 292 g/mol. The molecule has 1 heterocycles. The predicted octanol–water partition coefficient (Wildman–Crippen LogP) is 2.82. The number of allylic oxidation sites excluding steroid dienone is 1. The molecule has 0 saturated heterocycles. The van der Waals surface area contributed by atoms with Crippen LogP contribution in [-0.4, -0.2) is 24.6 Å². The Bertz CT molecular complexity index is 669. The lowest BCUT2D eigenvalue weighted by atomic mass is 10.2. The van der Waals surface area contributed by atoms with E-state index in [4.69, 9.17) is 9.47 Å². The molecule has 2 rings (SSSR count). The summed E-state index contributed by atoms with van der Waals surface area (Å²) < 4.78 is 10.8. The lowest BCUT2D eigenvalue weighted by molar-refractivity contribution is -0.123. The van der Waals surface area contributed by atoms with E-state index in [1.165, 1.54) is 0 Å². The molecule has 1 aromatic carbocycles. The summed E-state index contributed by atoms with van der Waals surface area (Å²) in [4.78, 5) is 16.0. The lowest BCUT2D eigenvalue weighted by Crippen LogP contribution is -2.28. The molecule has 0 bridgehead atoms. The average molecular weight is 312 g/mol. The molecule has 1 N–H and O–H groups in total. The zero-order valence-corrected chi connectivity index (χ0v) is 13.3. The summed E-state index contributed by atoms with van der Waals surface area (Å²) in [6.45, 7) is 2.25. The van der Waals surface area contributed by atoms with Crippen LogP contribution in [0.15, 0.2) is 48.7 Å². The van der Waals surface area contributed by atoms with E-state index < -0.39 is 0 Å². The van der Waals surface area contributed by atoms with Gasteiger partial charge in [-0.1, -0.05) is 24.3 Å². The number of nitrogens with one attached hydrogen (secondary N) is 1. The highest BCUT2D eigenvalue weighted by molar-refractivity contribution is 5.77. The van der Waals surface area contributed by atoms with Crippen LogP contribution in [0.25, 0.3) is 6.08 Å². The number of benzene rings is 1. The van der Waals surface area contributed by atoms with Crippen molar-refractivity contribution in [2.45, 2.75) is 13.5 Å². The molecule has 0 spiro atoms. The number of carbonyl (C=O) groups is 1. The van der Waals surface area contributed by atoms with Crippen LogP contribution >= 0.6 is 0 Å². The third-order valence-electron chi connectivity index (χ3n) is 3.10. The summed E-state index contributed by atoms with van der Waals surface area (Å²) in [5.41, 5.74) is 1.81. The molecule has 0 saturated carbocycles. The molecule has 120 valence electrons. The van der Waals surface area contributed by atoms with Crippen LogP contribution in [0.1, 0.15) is 18.2 Å². The number of amides is 1. The Hall–Kier alpha value is -2.82. The fourth-order valence-corrected chi connectivity index (χ4v) is 1.99. The number of hydrogen-bond acceptors (Lipinski definition) is 4. The van der Waals surface area contributed by atoms with Crippen molar-refractivity contribution < 1.29 is 14.3 Å². The number of carbonyl (C=O) groups excluding carboxylic acids is 1. The number of ether oxygens (including phenoxy) is 2. The van der Waals surface area contributed by atoms with Crippen LogP contribution < -0.4 is 14.8 Å². The minimum atomic E-state index is -0.213. The van der Waals surface area contributed by atoms with Crippen molar-refractivity contribution in [1.29, 1.82) is 0 Å². The summed E-state index contributed by atoms with van der Waals surface area (Å²) in [5, 5.41) is 2.76. The zero-order chi connectivity index (χ0) is 16.5. The van der Waals surface area contributed by atoms with Crippen molar-refractivity contribution in [3.8, 4) is 11.5 Å². The Kier molecular flexibility index (Phi) is 6.17. The molecule has 0 aliphatic carbocycles. The molecule has 23 heavy (non-hydrogen) atoms. The van der Waals surface area contributed by atoms with Crippen LogP contribution in [0.2, 0.25) is 0 Å². The smallest absolute Gasteiger partial charge is 0.258 e. The number of nitrogens with zero attached hydrogens (tertiary/aromatic N) is 1. The first-order chi connectivity index (χ1) is 11.2. The molecule has 1 amide bonds. The molecule has 0 aliphatic heterocycles. The predicted molar refractivity (Wildman–Crippen MR) is 89.3 cm³/mol. The fourth-order valence-electron chi connectivity index (χ4n) is 1.99. The Morgan fingerprint density at radius 3 is 2.83 bits per heavy atom. The van der Waals surface area contributed by atoms with Crippen LogP contribution in [0.3, 0.4) is 0 Å². The van der Waals surface area contributed by atoms with E-state index in [1.807, 2.05) is 49.4 Å². The maximum absolute atomic E-state index is 11.8. The first-order valence-electron chi connectivity index (χ1n) is 7.33. The lowest BCUT2D eigenvalue weighted by Gasteiger charge is -2.11. The Morgan fingerprint density at radius 2 is 2.13 bits per heavy atom. The van der Waals surface area contributed by atoms with E-state index in [-0.39, 0.29) is 12.5 Å². The van der Waals surface area contributed by atoms with E-state index in [2.05, 4.69) is 10.3 Å². The Labute approximate surface area is 136 Å². The highest BCUT2D eigenvalue weighted by atomic mass is 16.5. The molecule has 5 heteroatoms. The number of aromatic nitrogens is 1. The summed E-state index contributed by atoms with van der Waals surface area (Å²) in [5.74, 6) is 0.919. The van der Waals surface area contributed by atoms with Gasteiger partial charge >= 0.3 is 0 Å². The standard InChI is InChI=1S/C18H20N2O3/c1-3-6-14-8-9-16(17(11-14)22-2)23-13-18(21)20-12-15-7-4-5-10-19-15/h3-11H,12-13H2,1-2H3,(H,20,21). The summed E-state index contributed by atoms with van der Waals surface area (Å²) in [6, 6.07) is 11.1. The molecule has 0 aliphatic rings. The van der Waals surface area contributed by atoms with Crippen LogP contribution in [0, 0.1) is 0 Å². The maximum atomic E-state index is 11.8. The van der Waals surface area contributed by atoms with Crippen LogP contribution in [0.5, 0.6) is 11.5 Å². The maximum Gasteiger partial charge on any atom is 0.258 e. The highest BCUT2D eigenvalue weighted by Crippen LogP contribution is 2.28. The summed E-state index contributed by atoms with van der Waals surface area (Å²) >= 11 is 0. The van der Waals surface area contributed by atoms with E-state index in [0.717, 1.165) is 11.3 Å². The van der Waals surface area contributed by atoms with E-state index >= 15 is 0 Å². The monoisotopic (exact) mass is 312 g/mol. The van der Waals surface area contributed by atoms with E-state index in [9.17, 15) is 4.79 Å². The van der Waals surface area contributed by atoms with E-state index in [1.54, 1.807) is 19.4 Å². The first-order valence-corrected chi connectivity index (χ1v) is 7.33. The number of hydrogen-bond donors (Lipinski definition) is 1. The van der Waals surface area contributed by atoms with Crippen molar-refractivity contribution in [3.05, 3.63) is 59.9 Å². The second kappa shape index (κ2) is 8.58. The largest absolute Gasteiger partial charge is 0.493 e. The molecule has 1 aromatic heterocycles. The van der Waals surface area contributed by atoms with E-state index in [0.29, 0.717) is 18.0 Å². The van der Waals surface area contributed by atoms with Crippen LogP contribution in [-0.2, 0) is 11.3 Å². The van der Waals surface area contributed by atoms with Crippen molar-refractivity contribution in [1.82, 2.24) is 10.3 Å². The fraction of sp³-hybridized carbons (Fsp3) is 0.222. The van der Waals surface area contributed by atoms with Gasteiger partial charge in [0.15, 0.2) is 18.1 Å². The summed E-state index contributed by atoms with van der Waals surface area (Å²) in [6.07, 6.45) is 5.60. The number of rotatable bonds is 7. The van der Waals surface area contributed by atoms with Gasteiger partial charge in [-0.3, -0.25) is 9.78 Å². The normalized spacial score (nSPS) is 10.5.